The lowest BCUT2D eigenvalue weighted by Crippen LogP contribution is -2.06. The van der Waals surface area contributed by atoms with E-state index in [2.05, 4.69) is 0 Å². The van der Waals surface area contributed by atoms with Crippen LogP contribution < -0.4 is 0 Å². The minimum Gasteiger partial charge on any atom is -0.499 e. The largest absolute Gasteiger partial charge is 0.499 e. The fourth-order valence-electron chi connectivity index (χ4n) is 0.988. The minimum absolute atomic E-state index is 0.289. The summed E-state index contributed by atoms with van der Waals surface area (Å²) in [5.74, 6) is -0.0513. The molecule has 5 nitrogen and oxygen atoms in total. The fraction of sp³-hybridized carbons (Fsp3) is 0.300. The van der Waals surface area contributed by atoms with E-state index in [0.717, 1.165) is 6.26 Å². The van der Waals surface area contributed by atoms with Gasteiger partial charge in [-0.25, -0.2) is 8.42 Å². The highest BCUT2D eigenvalue weighted by Gasteiger charge is 2.20. The zero-order valence-electron chi connectivity index (χ0n) is 8.71. The van der Waals surface area contributed by atoms with E-state index in [-0.39, 0.29) is 11.5 Å². The summed E-state index contributed by atoms with van der Waals surface area (Å²) < 4.78 is 33.1. The molecule has 0 unspecified atom stereocenters. The maximum absolute atomic E-state index is 11.7. The van der Waals surface area contributed by atoms with E-state index in [1.165, 1.54) is 12.3 Å². The lowest BCUT2D eigenvalue weighted by Gasteiger charge is -2.00. The first-order valence-corrected chi connectivity index (χ1v) is 6.22. The molecular formula is C10H11NO4S. The van der Waals surface area contributed by atoms with Gasteiger partial charge in [-0.15, -0.1) is 0 Å². The Balaban J connectivity index is 2.89. The van der Waals surface area contributed by atoms with Crippen LogP contribution in [0.15, 0.2) is 34.0 Å². The van der Waals surface area contributed by atoms with Crippen molar-refractivity contribution in [2.75, 3.05) is 6.61 Å². The molecule has 0 N–H and O–H groups in total. The Labute approximate surface area is 93.9 Å². The van der Waals surface area contributed by atoms with E-state index in [0.29, 0.717) is 6.61 Å². The molecule has 86 valence electrons. The van der Waals surface area contributed by atoms with Crippen molar-refractivity contribution in [3.63, 3.8) is 0 Å². The molecule has 6 heteroatoms. The third-order valence-electron chi connectivity index (χ3n) is 1.71. The highest BCUT2D eigenvalue weighted by atomic mass is 32.2. The van der Waals surface area contributed by atoms with Gasteiger partial charge in [0, 0.05) is 0 Å². The molecule has 0 radical (unpaired) electrons. The average Bonchev–Trinajstić information content (AvgIpc) is 2.70. The molecule has 1 heterocycles. The smallest absolute Gasteiger partial charge is 0.198 e. The third kappa shape index (κ3) is 3.14. The van der Waals surface area contributed by atoms with Gasteiger partial charge < -0.3 is 9.15 Å². The summed E-state index contributed by atoms with van der Waals surface area (Å²) in [7, 11) is -3.69. The van der Waals surface area contributed by atoms with Crippen LogP contribution in [0.3, 0.4) is 0 Å². The summed E-state index contributed by atoms with van der Waals surface area (Å²) in [5, 5.41) is 8.71. The van der Waals surface area contributed by atoms with Crippen molar-refractivity contribution >= 4 is 9.84 Å². The number of hydrogen-bond donors (Lipinski definition) is 0. The van der Waals surface area contributed by atoms with Gasteiger partial charge in [-0.05, 0) is 19.1 Å². The SMILES string of the molecule is CCO/C=C(\C#N)S(=O)(=O)Cc1ccco1. The van der Waals surface area contributed by atoms with Gasteiger partial charge in [-0.2, -0.15) is 5.26 Å². The first-order valence-electron chi connectivity index (χ1n) is 4.57. The number of ether oxygens (including phenoxy) is 1. The molecule has 0 atom stereocenters. The summed E-state index contributed by atoms with van der Waals surface area (Å²) in [4.78, 5) is -0.397. The Morgan fingerprint density at radius 3 is 2.94 bits per heavy atom. The van der Waals surface area contributed by atoms with Gasteiger partial charge in [0.2, 0.25) is 0 Å². The molecule has 0 aromatic carbocycles. The summed E-state index contributed by atoms with van der Waals surface area (Å²) in [6.07, 6.45) is 2.33. The molecule has 0 amide bonds. The van der Waals surface area contributed by atoms with Gasteiger partial charge in [0.25, 0.3) is 0 Å². The van der Waals surface area contributed by atoms with Crippen molar-refractivity contribution in [3.05, 3.63) is 35.3 Å². The van der Waals surface area contributed by atoms with Crippen LogP contribution in [-0.2, 0) is 20.3 Å². The van der Waals surface area contributed by atoms with Crippen LogP contribution in [0.4, 0.5) is 0 Å². The molecular weight excluding hydrogens is 230 g/mol. The lowest BCUT2D eigenvalue weighted by molar-refractivity contribution is 0.268. The summed E-state index contributed by atoms with van der Waals surface area (Å²) in [6.45, 7) is 2.01. The molecule has 0 bridgehead atoms. The number of furan rings is 1. The standard InChI is InChI=1S/C10H11NO4S/c1-2-14-7-10(6-11)16(12,13)8-9-4-3-5-15-9/h3-5,7H,2,8H2,1H3/b10-7+. The highest BCUT2D eigenvalue weighted by molar-refractivity contribution is 7.94. The number of nitriles is 1. The van der Waals surface area contributed by atoms with Crippen molar-refractivity contribution in [1.29, 1.82) is 5.26 Å². The number of hydrogen-bond acceptors (Lipinski definition) is 5. The van der Waals surface area contributed by atoms with Crippen molar-refractivity contribution < 1.29 is 17.6 Å². The predicted octanol–water partition coefficient (Wildman–Crippen LogP) is 1.60. The maximum Gasteiger partial charge on any atom is 0.198 e. The third-order valence-corrected chi connectivity index (χ3v) is 3.24. The quantitative estimate of drug-likeness (QED) is 0.577. The molecule has 0 aliphatic rings. The lowest BCUT2D eigenvalue weighted by atomic mass is 10.5. The topological polar surface area (TPSA) is 80.3 Å². The molecule has 16 heavy (non-hydrogen) atoms. The minimum atomic E-state index is -3.69. The molecule has 0 aliphatic heterocycles. The second kappa shape index (κ2) is 5.37. The van der Waals surface area contributed by atoms with E-state index >= 15 is 0 Å². The van der Waals surface area contributed by atoms with E-state index in [1.54, 1.807) is 19.1 Å². The molecule has 1 rings (SSSR count). The normalized spacial score (nSPS) is 12.1. The van der Waals surface area contributed by atoms with Crippen LogP contribution in [0.25, 0.3) is 0 Å². The Morgan fingerprint density at radius 2 is 2.44 bits per heavy atom. The number of nitrogens with zero attached hydrogens (tertiary/aromatic N) is 1. The first kappa shape index (κ1) is 12.3. The van der Waals surface area contributed by atoms with Crippen LogP contribution >= 0.6 is 0 Å². The van der Waals surface area contributed by atoms with Gasteiger partial charge >= 0.3 is 0 Å². The Hall–Kier alpha value is -1.74. The van der Waals surface area contributed by atoms with Crippen molar-refractivity contribution in [3.8, 4) is 6.07 Å². The molecule has 0 saturated heterocycles. The molecule has 0 aliphatic carbocycles. The molecule has 0 saturated carbocycles. The highest BCUT2D eigenvalue weighted by Crippen LogP contribution is 2.14. The Morgan fingerprint density at radius 1 is 1.69 bits per heavy atom. The average molecular weight is 241 g/mol. The van der Waals surface area contributed by atoms with Crippen molar-refractivity contribution in [2.45, 2.75) is 12.7 Å². The molecule has 1 aromatic heterocycles. The van der Waals surface area contributed by atoms with Gasteiger partial charge in [0.15, 0.2) is 14.7 Å². The van der Waals surface area contributed by atoms with Crippen LogP contribution in [0, 0.1) is 11.3 Å². The van der Waals surface area contributed by atoms with E-state index in [1.807, 2.05) is 0 Å². The summed E-state index contributed by atoms with van der Waals surface area (Å²) >= 11 is 0. The fourth-order valence-corrected chi connectivity index (χ4v) is 2.04. The molecule has 1 aromatic rings. The zero-order valence-corrected chi connectivity index (χ0v) is 9.53. The van der Waals surface area contributed by atoms with Gasteiger partial charge in [-0.1, -0.05) is 0 Å². The van der Waals surface area contributed by atoms with Crippen LogP contribution in [0.1, 0.15) is 12.7 Å². The summed E-state index contributed by atoms with van der Waals surface area (Å²) in [6, 6.07) is 4.72. The predicted molar refractivity (Wildman–Crippen MR) is 56.7 cm³/mol. The van der Waals surface area contributed by atoms with Crippen LogP contribution in [0.2, 0.25) is 0 Å². The van der Waals surface area contributed by atoms with Crippen molar-refractivity contribution in [1.82, 2.24) is 0 Å². The van der Waals surface area contributed by atoms with Crippen LogP contribution in [0.5, 0.6) is 0 Å². The molecule has 0 spiro atoms. The number of rotatable bonds is 5. The van der Waals surface area contributed by atoms with Gasteiger partial charge in [0.1, 0.15) is 23.8 Å². The summed E-state index contributed by atoms with van der Waals surface area (Å²) in [5.41, 5.74) is 0. The van der Waals surface area contributed by atoms with E-state index < -0.39 is 14.7 Å². The van der Waals surface area contributed by atoms with Crippen LogP contribution in [-0.4, -0.2) is 15.0 Å². The second-order valence-corrected chi connectivity index (χ2v) is 4.85. The second-order valence-electron chi connectivity index (χ2n) is 2.89. The Kier molecular flexibility index (Phi) is 4.14. The molecule has 0 fully saturated rings. The zero-order chi connectivity index (χ0) is 12.0. The van der Waals surface area contributed by atoms with E-state index in [4.69, 9.17) is 14.4 Å². The van der Waals surface area contributed by atoms with Gasteiger partial charge in [0.05, 0.1) is 12.9 Å². The van der Waals surface area contributed by atoms with Crippen molar-refractivity contribution in [2.24, 2.45) is 0 Å². The number of sulfone groups is 1. The van der Waals surface area contributed by atoms with E-state index in [9.17, 15) is 8.42 Å². The maximum atomic E-state index is 11.7. The monoisotopic (exact) mass is 241 g/mol. The first-order chi connectivity index (χ1) is 7.60. The van der Waals surface area contributed by atoms with Gasteiger partial charge in [-0.3, -0.25) is 0 Å². The number of allylic oxidation sites excluding steroid dienone is 1. The Bertz CT molecular complexity index is 493.